The summed E-state index contributed by atoms with van der Waals surface area (Å²) in [6.07, 6.45) is 3.50. The van der Waals surface area contributed by atoms with E-state index in [1.165, 1.54) is 45.0 Å². The van der Waals surface area contributed by atoms with Crippen LogP contribution < -0.4 is 22.1 Å². The molecular formula is C26H21FN4O5. The second-order valence-corrected chi connectivity index (χ2v) is 8.55. The van der Waals surface area contributed by atoms with Gasteiger partial charge in [0.25, 0.3) is 11.1 Å². The van der Waals surface area contributed by atoms with E-state index in [0.717, 1.165) is 12.1 Å². The molecule has 0 aliphatic heterocycles. The Morgan fingerprint density at radius 3 is 2.42 bits per heavy atom. The van der Waals surface area contributed by atoms with Crippen LogP contribution in [0.15, 0.2) is 75.1 Å². The fourth-order valence-corrected chi connectivity index (χ4v) is 4.18. The van der Waals surface area contributed by atoms with Crippen molar-refractivity contribution < 1.29 is 14.3 Å². The molecule has 36 heavy (non-hydrogen) atoms. The molecule has 1 saturated carbocycles. The monoisotopic (exact) mass is 488 g/mol. The molecule has 1 aliphatic carbocycles. The molecule has 2 aromatic heterocycles. The van der Waals surface area contributed by atoms with E-state index in [-0.39, 0.29) is 28.5 Å². The van der Waals surface area contributed by atoms with Crippen molar-refractivity contribution in [1.29, 1.82) is 0 Å². The first-order valence-corrected chi connectivity index (χ1v) is 11.2. The van der Waals surface area contributed by atoms with Crippen molar-refractivity contribution in [1.82, 2.24) is 13.7 Å². The largest absolute Gasteiger partial charge is 0.478 e. The Hall–Kier alpha value is -4.73. The average Bonchev–Trinajstić information content (AvgIpc) is 3.68. The molecule has 1 fully saturated rings. The lowest BCUT2D eigenvalue weighted by Gasteiger charge is -2.19. The number of aromatic nitrogens is 3. The molecule has 0 bridgehead atoms. The molecule has 182 valence electrons. The van der Waals surface area contributed by atoms with E-state index < -0.39 is 28.6 Å². The molecule has 1 aliphatic rings. The standard InChI is InChI=1S/C26H21FN4O5/c1-29-21(32)14-20(28-19-11-7-15(13-18(19)27)8-12-22(33)34)23-24(29)30(16-5-3-2-4-6-16)26(36)31(25(23)35)17-9-10-17/h2-8,11-14,17,28H,9-10H2,1H3,(H,33,34)/b12-8+. The molecule has 2 heterocycles. The average molecular weight is 488 g/mol. The Morgan fingerprint density at radius 1 is 1.06 bits per heavy atom. The van der Waals surface area contributed by atoms with Crippen molar-refractivity contribution in [3.8, 4) is 5.69 Å². The number of nitrogens with zero attached hydrogens (tertiary/aromatic N) is 3. The van der Waals surface area contributed by atoms with Gasteiger partial charge >= 0.3 is 11.7 Å². The number of anilines is 2. The van der Waals surface area contributed by atoms with Gasteiger partial charge in [0.05, 0.1) is 17.1 Å². The zero-order valence-electron chi connectivity index (χ0n) is 19.1. The number of carboxylic acids is 1. The molecule has 2 aromatic carbocycles. The number of halogens is 1. The number of para-hydroxylation sites is 1. The highest BCUT2D eigenvalue weighted by Crippen LogP contribution is 2.33. The second-order valence-electron chi connectivity index (χ2n) is 8.55. The van der Waals surface area contributed by atoms with Gasteiger partial charge in [0.15, 0.2) is 0 Å². The molecule has 10 heteroatoms. The lowest BCUT2D eigenvalue weighted by molar-refractivity contribution is -0.131. The number of aryl methyl sites for hydroxylation is 1. The molecule has 0 amide bonds. The highest BCUT2D eigenvalue weighted by atomic mass is 19.1. The second kappa shape index (κ2) is 8.81. The Bertz CT molecular complexity index is 1730. The Labute approximate surface area is 203 Å². The third-order valence-corrected chi connectivity index (χ3v) is 6.06. The Kier molecular flexibility index (Phi) is 5.63. The van der Waals surface area contributed by atoms with Crippen LogP contribution in [0.3, 0.4) is 0 Å². The van der Waals surface area contributed by atoms with Gasteiger partial charge in [0.1, 0.15) is 16.9 Å². The number of benzene rings is 2. The van der Waals surface area contributed by atoms with Crippen LogP contribution in [0.25, 0.3) is 22.8 Å². The van der Waals surface area contributed by atoms with Crippen LogP contribution in [0, 0.1) is 5.82 Å². The van der Waals surface area contributed by atoms with Crippen LogP contribution >= 0.6 is 0 Å². The minimum absolute atomic E-state index is 0.0214. The summed E-state index contributed by atoms with van der Waals surface area (Å²) in [6.45, 7) is 0. The Balaban J connectivity index is 1.77. The summed E-state index contributed by atoms with van der Waals surface area (Å²) in [4.78, 5) is 50.8. The van der Waals surface area contributed by atoms with E-state index in [1.807, 2.05) is 0 Å². The van der Waals surface area contributed by atoms with Gasteiger partial charge in [-0.1, -0.05) is 24.3 Å². The van der Waals surface area contributed by atoms with Crippen molar-refractivity contribution in [2.75, 3.05) is 5.32 Å². The minimum atomic E-state index is -1.17. The number of aliphatic carboxylic acids is 1. The van der Waals surface area contributed by atoms with Crippen LogP contribution in [0.2, 0.25) is 0 Å². The van der Waals surface area contributed by atoms with Gasteiger partial charge in [-0.3, -0.25) is 18.7 Å². The van der Waals surface area contributed by atoms with Gasteiger partial charge < -0.3 is 10.4 Å². The third kappa shape index (κ3) is 4.02. The van der Waals surface area contributed by atoms with Crippen molar-refractivity contribution in [3.05, 3.63) is 103 Å². The maximum atomic E-state index is 14.9. The Morgan fingerprint density at radius 2 is 1.78 bits per heavy atom. The predicted octanol–water partition coefficient (Wildman–Crippen LogP) is 3.17. The molecule has 4 aromatic rings. The maximum Gasteiger partial charge on any atom is 0.337 e. The van der Waals surface area contributed by atoms with Crippen LogP contribution in [-0.4, -0.2) is 24.8 Å². The SMILES string of the molecule is Cn1c(=O)cc(Nc2ccc(/C=C/C(=O)O)cc2F)c2c(=O)n(C3CC3)c(=O)n(-c3ccccc3)c21. The number of fused-ring (bicyclic) bond motifs is 1. The number of hydrogen-bond acceptors (Lipinski definition) is 5. The first-order valence-electron chi connectivity index (χ1n) is 11.2. The normalized spacial score (nSPS) is 13.4. The number of rotatable bonds is 6. The number of nitrogens with one attached hydrogen (secondary N) is 1. The maximum absolute atomic E-state index is 14.9. The fraction of sp³-hybridized carbons (Fsp3) is 0.154. The van der Waals surface area contributed by atoms with Gasteiger partial charge in [-0.05, 0) is 48.7 Å². The van der Waals surface area contributed by atoms with Crippen LogP contribution in [0.1, 0.15) is 24.4 Å². The first-order chi connectivity index (χ1) is 17.3. The number of carboxylic acid groups (broad SMARTS) is 1. The molecule has 0 radical (unpaired) electrons. The molecule has 2 N–H and O–H groups in total. The lowest BCUT2D eigenvalue weighted by Crippen LogP contribution is -2.41. The third-order valence-electron chi connectivity index (χ3n) is 6.06. The van der Waals surface area contributed by atoms with Gasteiger partial charge in [0.2, 0.25) is 0 Å². The van der Waals surface area contributed by atoms with E-state index in [9.17, 15) is 23.6 Å². The van der Waals surface area contributed by atoms with E-state index in [1.54, 1.807) is 30.3 Å². The summed E-state index contributed by atoms with van der Waals surface area (Å²) in [5.41, 5.74) is -0.684. The first kappa shape index (κ1) is 23.0. The lowest BCUT2D eigenvalue weighted by atomic mass is 10.1. The van der Waals surface area contributed by atoms with Crippen LogP contribution in [0.4, 0.5) is 15.8 Å². The van der Waals surface area contributed by atoms with Crippen LogP contribution in [0.5, 0.6) is 0 Å². The van der Waals surface area contributed by atoms with Gasteiger partial charge in [0, 0.05) is 25.2 Å². The van der Waals surface area contributed by atoms with Gasteiger partial charge in [-0.2, -0.15) is 0 Å². The highest BCUT2D eigenvalue weighted by molar-refractivity contribution is 5.91. The van der Waals surface area contributed by atoms with E-state index in [2.05, 4.69) is 5.32 Å². The molecule has 0 spiro atoms. The van der Waals surface area contributed by atoms with E-state index >= 15 is 0 Å². The molecule has 9 nitrogen and oxygen atoms in total. The minimum Gasteiger partial charge on any atom is -0.478 e. The summed E-state index contributed by atoms with van der Waals surface area (Å²) < 4.78 is 18.7. The molecular weight excluding hydrogens is 467 g/mol. The van der Waals surface area contributed by atoms with E-state index in [4.69, 9.17) is 5.11 Å². The quantitative estimate of drug-likeness (QED) is 0.403. The van der Waals surface area contributed by atoms with E-state index in [0.29, 0.717) is 24.1 Å². The summed E-state index contributed by atoms with van der Waals surface area (Å²) in [6, 6.07) is 13.7. The zero-order chi connectivity index (χ0) is 25.6. The topological polar surface area (TPSA) is 115 Å². The summed E-state index contributed by atoms with van der Waals surface area (Å²) in [5.74, 6) is -1.88. The summed E-state index contributed by atoms with van der Waals surface area (Å²) in [5, 5.41) is 11.7. The predicted molar refractivity (Wildman–Crippen MR) is 134 cm³/mol. The number of pyridine rings is 1. The fourth-order valence-electron chi connectivity index (χ4n) is 4.18. The van der Waals surface area contributed by atoms with Gasteiger partial charge in [-0.25, -0.2) is 18.5 Å². The van der Waals surface area contributed by atoms with Crippen molar-refractivity contribution >= 4 is 34.5 Å². The molecule has 0 unspecified atom stereocenters. The van der Waals surface area contributed by atoms with Crippen molar-refractivity contribution in [2.24, 2.45) is 7.05 Å². The molecule has 5 rings (SSSR count). The van der Waals surface area contributed by atoms with Crippen LogP contribution in [-0.2, 0) is 11.8 Å². The molecule has 0 saturated heterocycles. The zero-order valence-corrected chi connectivity index (χ0v) is 19.1. The van der Waals surface area contributed by atoms with Crippen molar-refractivity contribution in [2.45, 2.75) is 18.9 Å². The number of hydrogen-bond donors (Lipinski definition) is 2. The number of carbonyl (C=O) groups is 1. The van der Waals surface area contributed by atoms with Crippen molar-refractivity contribution in [3.63, 3.8) is 0 Å². The molecule has 0 atom stereocenters. The summed E-state index contributed by atoms with van der Waals surface area (Å²) >= 11 is 0. The van der Waals surface area contributed by atoms with Gasteiger partial charge in [-0.15, -0.1) is 0 Å². The smallest absolute Gasteiger partial charge is 0.337 e. The summed E-state index contributed by atoms with van der Waals surface area (Å²) in [7, 11) is 1.47. The highest BCUT2D eigenvalue weighted by Gasteiger charge is 2.31.